The predicted molar refractivity (Wildman–Crippen MR) is 125 cm³/mol. The molecule has 0 bridgehead atoms. The summed E-state index contributed by atoms with van der Waals surface area (Å²) in [7, 11) is 1.82. The molecule has 30 heavy (non-hydrogen) atoms. The fourth-order valence-electron chi connectivity index (χ4n) is 4.05. The first-order valence-corrected chi connectivity index (χ1v) is 11.0. The van der Waals surface area contributed by atoms with E-state index in [-0.39, 0.29) is 18.4 Å². The second kappa shape index (κ2) is 9.00. The van der Waals surface area contributed by atoms with Gasteiger partial charge in [0.25, 0.3) is 5.91 Å². The summed E-state index contributed by atoms with van der Waals surface area (Å²) in [6, 6.07) is 6.18. The molecule has 0 atom stereocenters. The van der Waals surface area contributed by atoms with Crippen molar-refractivity contribution in [3.63, 3.8) is 0 Å². The zero-order valence-corrected chi connectivity index (χ0v) is 19.3. The monoisotopic (exact) mass is 426 g/mol. The number of carbonyl (C=O) groups is 2. The van der Waals surface area contributed by atoms with Crippen molar-refractivity contribution >= 4 is 46.1 Å². The fourth-order valence-corrected chi connectivity index (χ4v) is 4.36. The van der Waals surface area contributed by atoms with Crippen molar-refractivity contribution in [2.24, 2.45) is 0 Å². The van der Waals surface area contributed by atoms with Crippen molar-refractivity contribution in [3.05, 3.63) is 41.2 Å². The van der Waals surface area contributed by atoms with Crippen molar-refractivity contribution in [1.82, 2.24) is 19.3 Å². The van der Waals surface area contributed by atoms with Crippen LogP contribution in [0, 0.1) is 0 Å². The standard InChI is InChI=1S/C23H30N4O2S/c1-6-16-11-10-12-18-17(13-19-22(29)27(9-4)23(30)24(19)5)14-26(21(16)18)15-20(28)25(7-2)8-3/h10-14H,6-9,15H2,1-5H3/b19-13-. The number of para-hydroxylation sites is 1. The molecule has 2 heterocycles. The lowest BCUT2D eigenvalue weighted by molar-refractivity contribution is -0.131. The molecule has 0 spiro atoms. The molecule has 1 aliphatic heterocycles. The molecule has 6 nitrogen and oxygen atoms in total. The molecule has 1 aromatic heterocycles. The first-order chi connectivity index (χ1) is 14.4. The van der Waals surface area contributed by atoms with Crippen molar-refractivity contribution in [2.45, 2.75) is 40.7 Å². The molecule has 7 heteroatoms. The van der Waals surface area contributed by atoms with E-state index in [1.807, 2.05) is 55.6 Å². The van der Waals surface area contributed by atoms with Gasteiger partial charge in [0.05, 0.1) is 5.52 Å². The van der Waals surface area contributed by atoms with Gasteiger partial charge >= 0.3 is 0 Å². The third-order valence-electron chi connectivity index (χ3n) is 5.77. The van der Waals surface area contributed by atoms with Gasteiger partial charge in [-0.2, -0.15) is 0 Å². The predicted octanol–water partition coefficient (Wildman–Crippen LogP) is 3.49. The smallest absolute Gasteiger partial charge is 0.276 e. The van der Waals surface area contributed by atoms with E-state index in [0.29, 0.717) is 30.4 Å². The molecular formula is C23H30N4O2S. The number of aromatic nitrogens is 1. The average molecular weight is 427 g/mol. The maximum atomic E-state index is 12.8. The number of fused-ring (bicyclic) bond motifs is 1. The van der Waals surface area contributed by atoms with Crippen LogP contribution in [0.3, 0.4) is 0 Å². The van der Waals surface area contributed by atoms with E-state index in [1.54, 1.807) is 9.80 Å². The molecule has 3 rings (SSSR count). The highest BCUT2D eigenvalue weighted by molar-refractivity contribution is 7.80. The minimum atomic E-state index is -0.0863. The molecule has 0 saturated carbocycles. The van der Waals surface area contributed by atoms with Crippen LogP contribution in [0.1, 0.15) is 38.8 Å². The first-order valence-electron chi connectivity index (χ1n) is 10.6. The number of rotatable bonds is 7. The molecule has 160 valence electrons. The maximum absolute atomic E-state index is 12.8. The Balaban J connectivity index is 2.12. The van der Waals surface area contributed by atoms with Crippen LogP contribution in [0.2, 0.25) is 0 Å². The van der Waals surface area contributed by atoms with E-state index in [0.717, 1.165) is 22.9 Å². The highest BCUT2D eigenvalue weighted by Crippen LogP contribution is 2.29. The summed E-state index contributed by atoms with van der Waals surface area (Å²) >= 11 is 5.42. The van der Waals surface area contributed by atoms with Crippen molar-refractivity contribution in [3.8, 4) is 0 Å². The Morgan fingerprint density at radius 1 is 1.17 bits per heavy atom. The molecule has 2 amide bonds. The van der Waals surface area contributed by atoms with Crippen LogP contribution < -0.4 is 0 Å². The van der Waals surface area contributed by atoms with Crippen LogP contribution >= 0.6 is 12.2 Å². The number of likely N-dealkylation sites (N-methyl/N-ethyl adjacent to an activating group) is 3. The molecule has 0 N–H and O–H groups in total. The van der Waals surface area contributed by atoms with Gasteiger partial charge in [-0.3, -0.25) is 14.5 Å². The molecule has 1 aromatic carbocycles. The van der Waals surface area contributed by atoms with Crippen LogP contribution in [0.15, 0.2) is 30.1 Å². The molecule has 1 saturated heterocycles. The minimum absolute atomic E-state index is 0.0863. The van der Waals surface area contributed by atoms with E-state index in [4.69, 9.17) is 12.2 Å². The lowest BCUT2D eigenvalue weighted by atomic mass is 10.1. The Labute approximate surface area is 183 Å². The third kappa shape index (κ3) is 3.74. The number of hydrogen-bond acceptors (Lipinski definition) is 3. The second-order valence-electron chi connectivity index (χ2n) is 7.37. The van der Waals surface area contributed by atoms with Gasteiger partial charge in [-0.15, -0.1) is 0 Å². The summed E-state index contributed by atoms with van der Waals surface area (Å²) < 4.78 is 2.02. The van der Waals surface area contributed by atoms with Gasteiger partial charge in [0.2, 0.25) is 5.91 Å². The highest BCUT2D eigenvalue weighted by atomic mass is 32.1. The summed E-state index contributed by atoms with van der Waals surface area (Å²) in [6.45, 7) is 10.2. The Hall–Kier alpha value is -2.67. The molecule has 2 aromatic rings. The first kappa shape index (κ1) is 22.0. The molecule has 1 fully saturated rings. The minimum Gasteiger partial charge on any atom is -0.342 e. The van der Waals surface area contributed by atoms with Crippen LogP contribution in [-0.2, 0) is 22.6 Å². The molecule has 1 aliphatic rings. The van der Waals surface area contributed by atoms with Gasteiger partial charge in [-0.25, -0.2) is 0 Å². The van der Waals surface area contributed by atoms with Crippen molar-refractivity contribution < 1.29 is 9.59 Å². The van der Waals surface area contributed by atoms with Crippen LogP contribution in [0.4, 0.5) is 0 Å². The van der Waals surface area contributed by atoms with E-state index in [1.165, 1.54) is 5.56 Å². The number of thiocarbonyl (C=S) groups is 1. The fraction of sp³-hybridized carbons (Fsp3) is 0.435. The number of hydrogen-bond donors (Lipinski definition) is 0. The number of carbonyl (C=O) groups excluding carboxylic acids is 2. The SMILES string of the molecule is CCc1cccc2c(/C=C3/C(=O)N(CC)C(=S)N3C)cn(CC(=O)N(CC)CC)c12. The topological polar surface area (TPSA) is 48.8 Å². The summed E-state index contributed by atoms with van der Waals surface area (Å²) in [5.41, 5.74) is 3.71. The lowest BCUT2D eigenvalue weighted by Crippen LogP contribution is -2.33. The van der Waals surface area contributed by atoms with Crippen LogP contribution in [-0.4, -0.2) is 62.9 Å². The Morgan fingerprint density at radius 2 is 1.87 bits per heavy atom. The second-order valence-corrected chi connectivity index (χ2v) is 7.73. The Kier molecular flexibility index (Phi) is 6.61. The van der Waals surface area contributed by atoms with Gasteiger partial charge in [0, 0.05) is 43.8 Å². The maximum Gasteiger partial charge on any atom is 0.276 e. The van der Waals surface area contributed by atoms with E-state index in [2.05, 4.69) is 19.1 Å². The zero-order valence-electron chi connectivity index (χ0n) is 18.4. The number of aryl methyl sites for hydroxylation is 1. The van der Waals surface area contributed by atoms with Crippen LogP contribution in [0.25, 0.3) is 17.0 Å². The Morgan fingerprint density at radius 3 is 2.43 bits per heavy atom. The third-order valence-corrected chi connectivity index (χ3v) is 6.26. The van der Waals surface area contributed by atoms with Gasteiger partial charge in [-0.05, 0) is 51.0 Å². The van der Waals surface area contributed by atoms with Crippen LogP contribution in [0.5, 0.6) is 0 Å². The molecular weight excluding hydrogens is 396 g/mol. The summed E-state index contributed by atoms with van der Waals surface area (Å²) in [6.07, 6.45) is 4.74. The van der Waals surface area contributed by atoms with Gasteiger partial charge < -0.3 is 14.4 Å². The van der Waals surface area contributed by atoms with Gasteiger partial charge in [0.15, 0.2) is 5.11 Å². The van der Waals surface area contributed by atoms with Gasteiger partial charge in [0.1, 0.15) is 12.2 Å². The quantitative estimate of drug-likeness (QED) is 0.502. The molecule has 0 unspecified atom stereocenters. The van der Waals surface area contributed by atoms with E-state index >= 15 is 0 Å². The average Bonchev–Trinajstić information content (AvgIpc) is 3.19. The summed E-state index contributed by atoms with van der Waals surface area (Å²) in [5, 5.41) is 1.56. The summed E-state index contributed by atoms with van der Waals surface area (Å²) in [4.78, 5) is 30.8. The summed E-state index contributed by atoms with van der Waals surface area (Å²) in [5.74, 6) is 0.00571. The largest absolute Gasteiger partial charge is 0.342 e. The molecule has 0 aliphatic carbocycles. The van der Waals surface area contributed by atoms with Crippen molar-refractivity contribution in [1.29, 1.82) is 0 Å². The number of nitrogens with zero attached hydrogens (tertiary/aromatic N) is 4. The Bertz CT molecular complexity index is 1020. The van der Waals surface area contributed by atoms with Gasteiger partial charge in [-0.1, -0.05) is 25.1 Å². The van der Waals surface area contributed by atoms with E-state index in [9.17, 15) is 9.59 Å². The number of benzene rings is 1. The molecule has 0 radical (unpaired) electrons. The normalized spacial score (nSPS) is 15.7. The lowest BCUT2D eigenvalue weighted by Gasteiger charge is -2.19. The zero-order chi connectivity index (χ0) is 22.0. The highest BCUT2D eigenvalue weighted by Gasteiger charge is 2.34. The van der Waals surface area contributed by atoms with E-state index < -0.39 is 0 Å². The van der Waals surface area contributed by atoms with Crippen molar-refractivity contribution in [2.75, 3.05) is 26.7 Å². The number of amides is 2.